The van der Waals surface area contributed by atoms with E-state index >= 15 is 0 Å². The van der Waals surface area contributed by atoms with Crippen LogP contribution in [0.3, 0.4) is 0 Å². The van der Waals surface area contributed by atoms with Gasteiger partial charge in [-0.1, -0.05) is 24.3 Å². The van der Waals surface area contributed by atoms with Crippen LogP contribution >= 0.6 is 0 Å². The van der Waals surface area contributed by atoms with Gasteiger partial charge < -0.3 is 10.6 Å². The van der Waals surface area contributed by atoms with Crippen molar-refractivity contribution in [3.05, 3.63) is 36.0 Å². The van der Waals surface area contributed by atoms with Crippen molar-refractivity contribution >= 4 is 22.5 Å². The molecular weight excluding hydrogens is 238 g/mol. The van der Waals surface area contributed by atoms with Crippen molar-refractivity contribution in [2.75, 3.05) is 18.8 Å². The number of benzene rings is 1. The van der Waals surface area contributed by atoms with Gasteiger partial charge in [0.05, 0.1) is 5.56 Å². The average molecular weight is 255 g/mol. The zero-order chi connectivity index (χ0) is 13.2. The normalized spacial score (nSPS) is 15.7. The number of hydrogen-bond acceptors (Lipinski definition) is 3. The van der Waals surface area contributed by atoms with E-state index in [1.54, 1.807) is 6.20 Å². The maximum absolute atomic E-state index is 12.6. The first-order chi connectivity index (χ1) is 9.27. The Bertz CT molecular complexity index is 618. The molecule has 1 aliphatic heterocycles. The molecule has 0 bridgehead atoms. The van der Waals surface area contributed by atoms with Crippen molar-refractivity contribution in [1.29, 1.82) is 0 Å². The Labute approximate surface area is 112 Å². The van der Waals surface area contributed by atoms with Gasteiger partial charge in [-0.15, -0.1) is 0 Å². The first-order valence-electron chi connectivity index (χ1n) is 6.70. The van der Waals surface area contributed by atoms with Crippen LogP contribution in [0.1, 0.15) is 29.6 Å². The molecule has 4 heteroatoms. The Morgan fingerprint density at radius 1 is 1.11 bits per heavy atom. The monoisotopic (exact) mass is 255 g/mol. The molecule has 0 spiro atoms. The third-order valence-corrected chi connectivity index (χ3v) is 3.70. The molecule has 0 radical (unpaired) electrons. The van der Waals surface area contributed by atoms with Gasteiger partial charge in [-0.25, -0.2) is 4.98 Å². The highest BCUT2D eigenvalue weighted by Crippen LogP contribution is 2.24. The lowest BCUT2D eigenvalue weighted by Crippen LogP contribution is -2.35. The topological polar surface area (TPSA) is 59.2 Å². The molecule has 2 aromatic rings. The highest BCUT2D eigenvalue weighted by atomic mass is 16.2. The van der Waals surface area contributed by atoms with Crippen LogP contribution in [0.5, 0.6) is 0 Å². The van der Waals surface area contributed by atoms with E-state index < -0.39 is 0 Å². The summed E-state index contributed by atoms with van der Waals surface area (Å²) in [5, 5.41) is 1.75. The molecule has 1 amide bonds. The summed E-state index contributed by atoms with van der Waals surface area (Å²) in [5.74, 6) is 0.550. The summed E-state index contributed by atoms with van der Waals surface area (Å²) in [6.45, 7) is 1.69. The fourth-order valence-corrected chi connectivity index (χ4v) is 2.65. The van der Waals surface area contributed by atoms with Gasteiger partial charge in [0.1, 0.15) is 5.82 Å². The van der Waals surface area contributed by atoms with Gasteiger partial charge in [0.2, 0.25) is 0 Å². The minimum Gasteiger partial charge on any atom is -0.383 e. The molecule has 2 N–H and O–H groups in total. The summed E-state index contributed by atoms with van der Waals surface area (Å²) in [6.07, 6.45) is 5.00. The number of piperidine rings is 1. The fraction of sp³-hybridized carbons (Fsp3) is 0.333. The molecule has 1 saturated heterocycles. The predicted molar refractivity (Wildman–Crippen MR) is 75.9 cm³/mol. The molecule has 0 aliphatic carbocycles. The molecule has 1 aromatic heterocycles. The number of nitrogens with two attached hydrogens (primary N) is 1. The van der Waals surface area contributed by atoms with Crippen LogP contribution in [0.15, 0.2) is 30.5 Å². The number of hydrogen-bond donors (Lipinski definition) is 1. The summed E-state index contributed by atoms with van der Waals surface area (Å²) in [5.41, 5.74) is 6.53. The standard InChI is InChI=1S/C15H17N3O/c16-14-12-7-3-2-6-11(12)13(10-17-14)15(19)18-8-4-1-5-9-18/h2-3,6-7,10H,1,4-5,8-9H2,(H2,16,17). The smallest absolute Gasteiger partial charge is 0.256 e. The van der Waals surface area contributed by atoms with Gasteiger partial charge in [0, 0.05) is 24.7 Å². The molecule has 2 heterocycles. The van der Waals surface area contributed by atoms with E-state index in [-0.39, 0.29) is 5.91 Å². The van der Waals surface area contributed by atoms with E-state index in [4.69, 9.17) is 5.73 Å². The van der Waals surface area contributed by atoms with Crippen LogP contribution in [0.2, 0.25) is 0 Å². The van der Waals surface area contributed by atoms with Gasteiger partial charge in [-0.3, -0.25) is 4.79 Å². The fourth-order valence-electron chi connectivity index (χ4n) is 2.65. The Morgan fingerprint density at radius 3 is 2.53 bits per heavy atom. The molecule has 0 unspecified atom stereocenters. The zero-order valence-corrected chi connectivity index (χ0v) is 10.8. The molecular formula is C15H17N3O. The number of anilines is 1. The van der Waals surface area contributed by atoms with Gasteiger partial charge >= 0.3 is 0 Å². The number of amides is 1. The molecule has 1 fully saturated rings. The van der Waals surface area contributed by atoms with Crippen LogP contribution < -0.4 is 5.73 Å². The lowest BCUT2D eigenvalue weighted by atomic mass is 10.0. The van der Waals surface area contributed by atoms with Gasteiger partial charge in [-0.05, 0) is 24.6 Å². The SMILES string of the molecule is Nc1ncc(C(=O)N2CCCCC2)c2ccccc12. The molecule has 1 aromatic carbocycles. The Morgan fingerprint density at radius 2 is 1.79 bits per heavy atom. The average Bonchev–Trinajstić information content (AvgIpc) is 2.48. The highest BCUT2D eigenvalue weighted by Gasteiger charge is 2.20. The maximum atomic E-state index is 12.6. The number of fused-ring (bicyclic) bond motifs is 1. The Hall–Kier alpha value is -2.10. The summed E-state index contributed by atoms with van der Waals surface area (Å²) in [4.78, 5) is 18.6. The number of pyridine rings is 1. The molecule has 98 valence electrons. The van der Waals surface area contributed by atoms with E-state index in [0.717, 1.165) is 36.7 Å². The van der Waals surface area contributed by atoms with Crippen molar-refractivity contribution in [1.82, 2.24) is 9.88 Å². The van der Waals surface area contributed by atoms with Gasteiger partial charge in [-0.2, -0.15) is 0 Å². The van der Waals surface area contributed by atoms with Crippen LogP contribution in [0.25, 0.3) is 10.8 Å². The largest absolute Gasteiger partial charge is 0.383 e. The van der Waals surface area contributed by atoms with Crippen LogP contribution in [0.4, 0.5) is 5.82 Å². The minimum absolute atomic E-state index is 0.0726. The molecule has 0 atom stereocenters. The molecule has 3 rings (SSSR count). The second-order valence-corrected chi connectivity index (χ2v) is 4.96. The van der Waals surface area contributed by atoms with E-state index in [0.29, 0.717) is 11.4 Å². The number of likely N-dealkylation sites (tertiary alicyclic amines) is 1. The van der Waals surface area contributed by atoms with E-state index in [2.05, 4.69) is 4.98 Å². The summed E-state index contributed by atoms with van der Waals surface area (Å²) >= 11 is 0. The second-order valence-electron chi connectivity index (χ2n) is 4.96. The first-order valence-corrected chi connectivity index (χ1v) is 6.70. The molecule has 1 aliphatic rings. The van der Waals surface area contributed by atoms with Crippen LogP contribution in [-0.2, 0) is 0 Å². The predicted octanol–water partition coefficient (Wildman–Crippen LogP) is 2.44. The number of aromatic nitrogens is 1. The number of carbonyl (C=O) groups excluding carboxylic acids is 1. The lowest BCUT2D eigenvalue weighted by Gasteiger charge is -2.27. The Balaban J connectivity index is 2.05. The van der Waals surface area contributed by atoms with E-state index in [1.165, 1.54) is 6.42 Å². The maximum Gasteiger partial charge on any atom is 0.256 e. The quantitative estimate of drug-likeness (QED) is 0.851. The Kier molecular flexibility index (Phi) is 3.07. The van der Waals surface area contributed by atoms with Crippen molar-refractivity contribution in [3.63, 3.8) is 0 Å². The van der Waals surface area contributed by atoms with Gasteiger partial charge in [0.25, 0.3) is 5.91 Å². The van der Waals surface area contributed by atoms with E-state index in [9.17, 15) is 4.79 Å². The number of nitrogens with zero attached hydrogens (tertiary/aromatic N) is 2. The van der Waals surface area contributed by atoms with Crippen LogP contribution in [0, 0.1) is 0 Å². The third-order valence-electron chi connectivity index (χ3n) is 3.70. The lowest BCUT2D eigenvalue weighted by molar-refractivity contribution is 0.0726. The molecule has 19 heavy (non-hydrogen) atoms. The number of carbonyl (C=O) groups is 1. The molecule has 4 nitrogen and oxygen atoms in total. The summed E-state index contributed by atoms with van der Waals surface area (Å²) in [7, 11) is 0. The van der Waals surface area contributed by atoms with Gasteiger partial charge in [0.15, 0.2) is 0 Å². The zero-order valence-electron chi connectivity index (χ0n) is 10.8. The van der Waals surface area contributed by atoms with Crippen molar-refractivity contribution in [3.8, 4) is 0 Å². The minimum atomic E-state index is 0.0726. The first kappa shape index (κ1) is 12.0. The third kappa shape index (κ3) is 2.14. The summed E-state index contributed by atoms with van der Waals surface area (Å²) in [6, 6.07) is 7.68. The molecule has 0 saturated carbocycles. The summed E-state index contributed by atoms with van der Waals surface area (Å²) < 4.78 is 0. The second kappa shape index (κ2) is 4.88. The van der Waals surface area contributed by atoms with Crippen molar-refractivity contribution in [2.45, 2.75) is 19.3 Å². The van der Waals surface area contributed by atoms with E-state index in [1.807, 2.05) is 29.2 Å². The van der Waals surface area contributed by atoms with Crippen molar-refractivity contribution in [2.24, 2.45) is 0 Å². The number of nitrogen functional groups attached to an aromatic ring is 1. The van der Waals surface area contributed by atoms with Crippen molar-refractivity contribution < 1.29 is 4.79 Å². The highest BCUT2D eigenvalue weighted by molar-refractivity contribution is 6.08. The van der Waals surface area contributed by atoms with Crippen LogP contribution in [-0.4, -0.2) is 28.9 Å². The number of rotatable bonds is 1.